The minimum Gasteiger partial charge on any atom is -0.344 e. The second-order valence-electron chi connectivity index (χ2n) is 5.69. The van der Waals surface area contributed by atoms with Gasteiger partial charge in [-0.15, -0.1) is 0 Å². The first kappa shape index (κ1) is 16.5. The lowest BCUT2D eigenvalue weighted by Crippen LogP contribution is -2.21. The predicted octanol–water partition coefficient (Wildman–Crippen LogP) is 4.41. The molecule has 1 aromatic carbocycles. The second kappa shape index (κ2) is 6.92. The molecular formula is C17H23N3OS. The maximum absolute atomic E-state index is 12.1. The highest BCUT2D eigenvalue weighted by Crippen LogP contribution is 2.27. The van der Waals surface area contributed by atoms with Gasteiger partial charge in [0.2, 0.25) is 0 Å². The van der Waals surface area contributed by atoms with E-state index in [0.717, 1.165) is 22.9 Å². The topological polar surface area (TPSA) is 45.2 Å². The molecule has 118 valence electrons. The van der Waals surface area contributed by atoms with Crippen molar-refractivity contribution in [2.24, 2.45) is 0 Å². The Hall–Kier alpha value is -1.88. The molecule has 0 aliphatic carbocycles. The number of hydrogen-bond donors (Lipinski definition) is 1. The van der Waals surface area contributed by atoms with Crippen LogP contribution in [0.2, 0.25) is 0 Å². The van der Waals surface area contributed by atoms with Crippen LogP contribution in [0, 0.1) is 6.92 Å². The number of carbonyl (C=O) groups excluding carboxylic acids is 1. The van der Waals surface area contributed by atoms with E-state index in [1.807, 2.05) is 6.92 Å². The number of nitrogens with one attached hydrogen (secondary N) is 1. The van der Waals surface area contributed by atoms with Crippen molar-refractivity contribution in [3.63, 3.8) is 0 Å². The fraction of sp³-hybridized carbons (Fsp3) is 0.412. The second-order valence-corrected chi connectivity index (χ2v) is 6.69. The Labute approximate surface area is 136 Å². The van der Waals surface area contributed by atoms with E-state index in [1.165, 1.54) is 16.9 Å². The number of aromatic nitrogens is 1. The standard InChI is InChI=1S/C17H23N3OS/c1-6-11(2)13-7-9-14(10-8-13)19-17-18-12(3)15(22-17)16(21)20(4)5/h7-11H,6H2,1-5H3,(H,18,19). The molecule has 0 aliphatic rings. The lowest BCUT2D eigenvalue weighted by atomic mass is 9.99. The summed E-state index contributed by atoms with van der Waals surface area (Å²) in [5.74, 6) is 0.565. The van der Waals surface area contributed by atoms with Crippen LogP contribution < -0.4 is 5.32 Å². The van der Waals surface area contributed by atoms with Crippen LogP contribution in [0.25, 0.3) is 0 Å². The molecule has 0 spiro atoms. The molecule has 0 fully saturated rings. The molecule has 0 bridgehead atoms. The van der Waals surface area contributed by atoms with E-state index in [9.17, 15) is 4.79 Å². The molecule has 1 atom stereocenters. The summed E-state index contributed by atoms with van der Waals surface area (Å²) in [6, 6.07) is 8.41. The third-order valence-corrected chi connectivity index (χ3v) is 4.80. The first-order valence-corrected chi connectivity index (χ1v) is 8.30. The van der Waals surface area contributed by atoms with Gasteiger partial charge in [0.1, 0.15) is 4.88 Å². The maximum atomic E-state index is 12.1. The summed E-state index contributed by atoms with van der Waals surface area (Å²) in [5, 5.41) is 4.03. The zero-order chi connectivity index (χ0) is 16.3. The number of anilines is 2. The van der Waals surface area contributed by atoms with Crippen molar-refractivity contribution in [2.75, 3.05) is 19.4 Å². The Bertz CT molecular complexity index is 646. The summed E-state index contributed by atoms with van der Waals surface area (Å²) < 4.78 is 0. The normalized spacial score (nSPS) is 12.0. The van der Waals surface area contributed by atoms with Gasteiger partial charge in [-0.05, 0) is 37.0 Å². The summed E-state index contributed by atoms with van der Waals surface area (Å²) in [5.41, 5.74) is 3.10. The Morgan fingerprint density at radius 2 is 1.95 bits per heavy atom. The van der Waals surface area contributed by atoms with E-state index >= 15 is 0 Å². The zero-order valence-corrected chi connectivity index (χ0v) is 14.6. The molecule has 1 amide bonds. The van der Waals surface area contributed by atoms with Gasteiger partial charge in [-0.1, -0.05) is 37.3 Å². The van der Waals surface area contributed by atoms with Crippen LogP contribution in [0.5, 0.6) is 0 Å². The first-order chi connectivity index (χ1) is 10.4. The molecule has 1 N–H and O–H groups in total. The number of thiazole rings is 1. The van der Waals surface area contributed by atoms with Gasteiger partial charge in [0.15, 0.2) is 5.13 Å². The van der Waals surface area contributed by atoms with E-state index < -0.39 is 0 Å². The highest BCUT2D eigenvalue weighted by Gasteiger charge is 2.16. The summed E-state index contributed by atoms with van der Waals surface area (Å²) in [6.07, 6.45) is 1.13. The molecule has 1 unspecified atom stereocenters. The average Bonchev–Trinajstić information content (AvgIpc) is 2.86. The summed E-state index contributed by atoms with van der Waals surface area (Å²) >= 11 is 1.39. The highest BCUT2D eigenvalue weighted by atomic mass is 32.1. The summed E-state index contributed by atoms with van der Waals surface area (Å²) in [7, 11) is 3.50. The fourth-order valence-corrected chi connectivity index (χ4v) is 3.11. The molecule has 1 aromatic heterocycles. The van der Waals surface area contributed by atoms with Gasteiger partial charge >= 0.3 is 0 Å². The van der Waals surface area contributed by atoms with Crippen LogP contribution >= 0.6 is 11.3 Å². The van der Waals surface area contributed by atoms with Crippen molar-refractivity contribution in [2.45, 2.75) is 33.1 Å². The highest BCUT2D eigenvalue weighted by molar-refractivity contribution is 7.17. The monoisotopic (exact) mass is 317 g/mol. The number of carbonyl (C=O) groups is 1. The molecule has 0 saturated carbocycles. The largest absolute Gasteiger partial charge is 0.344 e. The van der Waals surface area contributed by atoms with Crippen molar-refractivity contribution in [3.8, 4) is 0 Å². The third kappa shape index (κ3) is 3.65. The van der Waals surface area contributed by atoms with E-state index in [0.29, 0.717) is 10.8 Å². The minimum absolute atomic E-state index is 0.00447. The predicted molar refractivity (Wildman–Crippen MR) is 93.3 cm³/mol. The van der Waals surface area contributed by atoms with E-state index in [2.05, 4.69) is 48.4 Å². The number of aryl methyl sites for hydroxylation is 1. The molecule has 22 heavy (non-hydrogen) atoms. The van der Waals surface area contributed by atoms with Crippen LogP contribution in [0.1, 0.15) is 47.1 Å². The number of rotatable bonds is 5. The Morgan fingerprint density at radius 1 is 1.32 bits per heavy atom. The number of amides is 1. The quantitative estimate of drug-likeness (QED) is 0.888. The van der Waals surface area contributed by atoms with Crippen molar-refractivity contribution >= 4 is 28.1 Å². The van der Waals surface area contributed by atoms with Gasteiger partial charge in [0.05, 0.1) is 5.69 Å². The van der Waals surface area contributed by atoms with Crippen LogP contribution in [0.15, 0.2) is 24.3 Å². The molecule has 0 saturated heterocycles. The summed E-state index contributed by atoms with van der Waals surface area (Å²) in [4.78, 5) is 18.8. The fourth-order valence-electron chi connectivity index (χ4n) is 2.11. The van der Waals surface area contributed by atoms with E-state index in [-0.39, 0.29) is 5.91 Å². The van der Waals surface area contributed by atoms with Crippen LogP contribution in [-0.2, 0) is 0 Å². The molecule has 2 rings (SSSR count). The van der Waals surface area contributed by atoms with Gasteiger partial charge in [-0.2, -0.15) is 0 Å². The van der Waals surface area contributed by atoms with Crippen molar-refractivity contribution in [1.82, 2.24) is 9.88 Å². The van der Waals surface area contributed by atoms with E-state index in [4.69, 9.17) is 0 Å². The molecule has 1 heterocycles. The molecular weight excluding hydrogens is 294 g/mol. The average molecular weight is 317 g/mol. The van der Waals surface area contributed by atoms with Gasteiger partial charge in [-0.25, -0.2) is 4.98 Å². The van der Waals surface area contributed by atoms with Gasteiger partial charge in [-0.3, -0.25) is 4.79 Å². The summed E-state index contributed by atoms with van der Waals surface area (Å²) in [6.45, 7) is 6.29. The van der Waals surface area contributed by atoms with Crippen LogP contribution in [-0.4, -0.2) is 29.9 Å². The Morgan fingerprint density at radius 3 is 2.50 bits per heavy atom. The molecule has 5 heteroatoms. The van der Waals surface area contributed by atoms with Crippen LogP contribution in [0.4, 0.5) is 10.8 Å². The molecule has 4 nitrogen and oxygen atoms in total. The third-order valence-electron chi connectivity index (χ3n) is 3.74. The lowest BCUT2D eigenvalue weighted by Gasteiger charge is -2.10. The Balaban J connectivity index is 2.14. The first-order valence-electron chi connectivity index (χ1n) is 7.48. The molecule has 0 aliphatic heterocycles. The van der Waals surface area contributed by atoms with Gasteiger partial charge in [0.25, 0.3) is 5.91 Å². The van der Waals surface area contributed by atoms with E-state index in [1.54, 1.807) is 19.0 Å². The number of hydrogen-bond acceptors (Lipinski definition) is 4. The molecule has 0 radical (unpaired) electrons. The van der Waals surface area contributed by atoms with Crippen molar-refractivity contribution < 1.29 is 4.79 Å². The number of benzene rings is 1. The maximum Gasteiger partial charge on any atom is 0.265 e. The Kier molecular flexibility index (Phi) is 5.19. The van der Waals surface area contributed by atoms with Crippen molar-refractivity contribution in [1.29, 1.82) is 0 Å². The number of nitrogens with zero attached hydrogens (tertiary/aromatic N) is 2. The van der Waals surface area contributed by atoms with Gasteiger partial charge in [0, 0.05) is 19.8 Å². The zero-order valence-electron chi connectivity index (χ0n) is 13.8. The van der Waals surface area contributed by atoms with Crippen molar-refractivity contribution in [3.05, 3.63) is 40.4 Å². The SMILES string of the molecule is CCC(C)c1ccc(Nc2nc(C)c(C(=O)N(C)C)s2)cc1. The molecule has 2 aromatic rings. The lowest BCUT2D eigenvalue weighted by molar-refractivity contribution is 0.0831. The van der Waals surface area contributed by atoms with Gasteiger partial charge < -0.3 is 10.2 Å². The minimum atomic E-state index is -0.00447. The van der Waals surface area contributed by atoms with Crippen LogP contribution in [0.3, 0.4) is 0 Å². The smallest absolute Gasteiger partial charge is 0.265 e.